The number of aromatic amines is 1. The highest BCUT2D eigenvalue weighted by Gasteiger charge is 2.13. The summed E-state index contributed by atoms with van der Waals surface area (Å²) in [4.78, 5) is 12.0. The maximum atomic E-state index is 12.0. The molecule has 7 heteroatoms. The first-order chi connectivity index (χ1) is 10.2. The molecule has 2 aromatic rings. The second-order valence-corrected chi connectivity index (χ2v) is 4.18. The fourth-order valence-electron chi connectivity index (χ4n) is 1.80. The topological polar surface area (TPSA) is 102 Å². The Kier molecular flexibility index (Phi) is 4.65. The standard InChI is InChI=1S/C14H18N4O3/c1-3-20-11-6-5-9(7-12(11)21-4-2)17-14(19)13-10(15)8-16-18-13/h5-8H,3-4,15H2,1-2H3,(H,16,18)(H,17,19). The van der Waals surface area contributed by atoms with E-state index in [4.69, 9.17) is 15.2 Å². The molecule has 21 heavy (non-hydrogen) atoms. The molecule has 0 aliphatic heterocycles. The van der Waals surface area contributed by atoms with Crippen LogP contribution in [0.1, 0.15) is 24.3 Å². The highest BCUT2D eigenvalue weighted by atomic mass is 16.5. The van der Waals surface area contributed by atoms with Crippen LogP contribution in [0.2, 0.25) is 0 Å². The molecule has 7 nitrogen and oxygen atoms in total. The van der Waals surface area contributed by atoms with Gasteiger partial charge in [0.05, 0.1) is 25.1 Å². The van der Waals surface area contributed by atoms with Crippen LogP contribution in [0.15, 0.2) is 24.4 Å². The number of aromatic nitrogens is 2. The van der Waals surface area contributed by atoms with Crippen molar-refractivity contribution < 1.29 is 14.3 Å². The number of nitrogens with two attached hydrogens (primary N) is 1. The molecule has 0 aliphatic rings. The van der Waals surface area contributed by atoms with Gasteiger partial charge in [-0.2, -0.15) is 5.10 Å². The number of nitrogens with zero attached hydrogens (tertiary/aromatic N) is 1. The van der Waals surface area contributed by atoms with Crippen molar-refractivity contribution >= 4 is 17.3 Å². The van der Waals surface area contributed by atoms with Crippen LogP contribution in [0.3, 0.4) is 0 Å². The van der Waals surface area contributed by atoms with Crippen molar-refractivity contribution in [2.45, 2.75) is 13.8 Å². The molecule has 1 aromatic heterocycles. The molecular formula is C14H18N4O3. The zero-order valence-corrected chi connectivity index (χ0v) is 12.0. The molecule has 0 radical (unpaired) electrons. The molecule has 4 N–H and O–H groups in total. The van der Waals surface area contributed by atoms with Gasteiger partial charge in [-0.15, -0.1) is 0 Å². The fraction of sp³-hybridized carbons (Fsp3) is 0.286. The van der Waals surface area contributed by atoms with Crippen molar-refractivity contribution in [2.24, 2.45) is 0 Å². The summed E-state index contributed by atoms with van der Waals surface area (Å²) in [5.41, 5.74) is 6.74. The SMILES string of the molecule is CCOc1ccc(NC(=O)c2[nH]ncc2N)cc1OCC. The van der Waals surface area contributed by atoms with Crippen LogP contribution in [0.25, 0.3) is 0 Å². The van der Waals surface area contributed by atoms with E-state index in [0.717, 1.165) is 0 Å². The van der Waals surface area contributed by atoms with E-state index in [1.165, 1.54) is 6.20 Å². The second-order valence-electron chi connectivity index (χ2n) is 4.18. The third-order valence-corrected chi connectivity index (χ3v) is 2.70. The molecule has 0 aliphatic carbocycles. The normalized spacial score (nSPS) is 10.2. The number of carbonyl (C=O) groups excluding carboxylic acids is 1. The zero-order valence-electron chi connectivity index (χ0n) is 12.0. The number of H-pyrrole nitrogens is 1. The van der Waals surface area contributed by atoms with Crippen molar-refractivity contribution in [3.05, 3.63) is 30.1 Å². The van der Waals surface area contributed by atoms with E-state index >= 15 is 0 Å². The number of ether oxygens (including phenoxy) is 2. The molecule has 1 amide bonds. The van der Waals surface area contributed by atoms with E-state index in [0.29, 0.717) is 36.1 Å². The Morgan fingerprint density at radius 2 is 2.00 bits per heavy atom. The number of rotatable bonds is 6. The van der Waals surface area contributed by atoms with E-state index in [1.54, 1.807) is 18.2 Å². The first-order valence-corrected chi connectivity index (χ1v) is 6.65. The van der Waals surface area contributed by atoms with Gasteiger partial charge in [-0.1, -0.05) is 0 Å². The van der Waals surface area contributed by atoms with Gasteiger partial charge in [0.25, 0.3) is 5.91 Å². The molecule has 1 aromatic carbocycles. The van der Waals surface area contributed by atoms with E-state index in [9.17, 15) is 4.79 Å². The molecule has 1 heterocycles. The third kappa shape index (κ3) is 3.44. The molecule has 0 unspecified atom stereocenters. The summed E-state index contributed by atoms with van der Waals surface area (Å²) in [5.74, 6) is 0.852. The van der Waals surface area contributed by atoms with Crippen LogP contribution < -0.4 is 20.5 Å². The zero-order chi connectivity index (χ0) is 15.2. The van der Waals surface area contributed by atoms with Crippen molar-refractivity contribution in [3.8, 4) is 11.5 Å². The van der Waals surface area contributed by atoms with Gasteiger partial charge in [-0.05, 0) is 26.0 Å². The molecule has 0 fully saturated rings. The van der Waals surface area contributed by atoms with Crippen molar-refractivity contribution in [1.82, 2.24) is 10.2 Å². The Hall–Kier alpha value is -2.70. The fourth-order valence-corrected chi connectivity index (χ4v) is 1.80. The van der Waals surface area contributed by atoms with Crippen molar-refractivity contribution in [1.29, 1.82) is 0 Å². The molecule has 0 bridgehead atoms. The smallest absolute Gasteiger partial charge is 0.275 e. The molecule has 0 spiro atoms. The summed E-state index contributed by atoms with van der Waals surface area (Å²) in [6.45, 7) is 4.82. The minimum Gasteiger partial charge on any atom is -0.490 e. The number of hydrogen-bond acceptors (Lipinski definition) is 5. The molecule has 2 rings (SSSR count). The lowest BCUT2D eigenvalue weighted by atomic mass is 10.2. The van der Waals surface area contributed by atoms with Gasteiger partial charge in [0.2, 0.25) is 0 Å². The predicted molar refractivity (Wildman–Crippen MR) is 79.7 cm³/mol. The number of amides is 1. The van der Waals surface area contributed by atoms with E-state index < -0.39 is 0 Å². The van der Waals surface area contributed by atoms with Gasteiger partial charge in [0.1, 0.15) is 5.69 Å². The van der Waals surface area contributed by atoms with Gasteiger partial charge in [-0.3, -0.25) is 9.89 Å². The Morgan fingerprint density at radius 1 is 1.29 bits per heavy atom. The van der Waals surface area contributed by atoms with Gasteiger partial charge in [0, 0.05) is 11.8 Å². The Balaban J connectivity index is 2.18. The largest absolute Gasteiger partial charge is 0.490 e. The average molecular weight is 290 g/mol. The highest BCUT2D eigenvalue weighted by molar-refractivity contribution is 6.06. The van der Waals surface area contributed by atoms with Crippen molar-refractivity contribution in [3.63, 3.8) is 0 Å². The van der Waals surface area contributed by atoms with Crippen molar-refractivity contribution in [2.75, 3.05) is 24.3 Å². The summed E-state index contributed by atoms with van der Waals surface area (Å²) < 4.78 is 11.0. The number of hydrogen-bond donors (Lipinski definition) is 3. The number of benzene rings is 1. The molecular weight excluding hydrogens is 272 g/mol. The van der Waals surface area contributed by atoms with Crippen LogP contribution in [0.4, 0.5) is 11.4 Å². The van der Waals surface area contributed by atoms with Crippen LogP contribution in [-0.2, 0) is 0 Å². The Labute approximate surface area is 122 Å². The lowest BCUT2D eigenvalue weighted by Crippen LogP contribution is -2.14. The van der Waals surface area contributed by atoms with Crippen LogP contribution in [0.5, 0.6) is 11.5 Å². The Morgan fingerprint density at radius 3 is 2.62 bits per heavy atom. The lowest BCUT2D eigenvalue weighted by Gasteiger charge is -2.12. The van der Waals surface area contributed by atoms with Crippen LogP contribution >= 0.6 is 0 Å². The van der Waals surface area contributed by atoms with Gasteiger partial charge in [0.15, 0.2) is 11.5 Å². The minimum absolute atomic E-state index is 0.224. The van der Waals surface area contributed by atoms with Gasteiger partial charge >= 0.3 is 0 Å². The Bertz CT molecular complexity index is 624. The minimum atomic E-state index is -0.364. The van der Waals surface area contributed by atoms with Gasteiger partial charge in [-0.25, -0.2) is 0 Å². The number of carbonyl (C=O) groups is 1. The first-order valence-electron chi connectivity index (χ1n) is 6.65. The quantitative estimate of drug-likeness (QED) is 0.755. The molecule has 0 saturated heterocycles. The average Bonchev–Trinajstić information content (AvgIpc) is 2.88. The first kappa shape index (κ1) is 14.7. The van der Waals surface area contributed by atoms with E-state index in [2.05, 4.69) is 15.5 Å². The lowest BCUT2D eigenvalue weighted by molar-refractivity contribution is 0.102. The molecule has 0 atom stereocenters. The maximum Gasteiger partial charge on any atom is 0.275 e. The van der Waals surface area contributed by atoms with E-state index in [1.807, 2.05) is 13.8 Å². The van der Waals surface area contributed by atoms with E-state index in [-0.39, 0.29) is 11.6 Å². The second kappa shape index (κ2) is 6.65. The summed E-state index contributed by atoms with van der Waals surface area (Å²) in [5, 5.41) is 9.00. The van der Waals surface area contributed by atoms with Crippen LogP contribution in [-0.4, -0.2) is 29.3 Å². The van der Waals surface area contributed by atoms with Gasteiger partial charge < -0.3 is 20.5 Å². The van der Waals surface area contributed by atoms with Crippen LogP contribution in [0, 0.1) is 0 Å². The molecule has 112 valence electrons. The number of nitrogen functional groups attached to an aromatic ring is 1. The predicted octanol–water partition coefficient (Wildman–Crippen LogP) is 2.04. The highest BCUT2D eigenvalue weighted by Crippen LogP contribution is 2.30. The summed E-state index contributed by atoms with van der Waals surface area (Å²) in [6, 6.07) is 5.19. The number of anilines is 2. The summed E-state index contributed by atoms with van der Waals surface area (Å²) in [7, 11) is 0. The third-order valence-electron chi connectivity index (χ3n) is 2.70. The monoisotopic (exact) mass is 290 g/mol. The molecule has 0 saturated carbocycles. The number of nitrogens with one attached hydrogen (secondary N) is 2. The maximum absolute atomic E-state index is 12.0. The summed E-state index contributed by atoms with van der Waals surface area (Å²) >= 11 is 0. The summed E-state index contributed by atoms with van der Waals surface area (Å²) in [6.07, 6.45) is 1.39.